The van der Waals surface area contributed by atoms with Crippen LogP contribution in [0.5, 0.6) is 5.75 Å². The summed E-state index contributed by atoms with van der Waals surface area (Å²) in [5.74, 6) is 1.33. The number of aromatic hydroxyl groups is 1. The van der Waals surface area contributed by atoms with Crippen molar-refractivity contribution >= 4 is 0 Å². The molecule has 2 rings (SSSR count). The smallest absolute Gasteiger partial charge is 0.115 e. The number of phenolic OH excluding ortho intramolecular Hbond substituents is 1. The van der Waals surface area contributed by atoms with Crippen LogP contribution >= 0.6 is 0 Å². The van der Waals surface area contributed by atoms with Crippen molar-refractivity contribution in [3.63, 3.8) is 0 Å². The van der Waals surface area contributed by atoms with Crippen LogP contribution in [-0.2, 0) is 6.42 Å². The third kappa shape index (κ3) is 4.74. The minimum absolute atomic E-state index is 0.358. The monoisotopic (exact) mass is 289 g/mol. The van der Waals surface area contributed by atoms with E-state index < -0.39 is 0 Å². The van der Waals surface area contributed by atoms with Crippen LogP contribution in [0.3, 0.4) is 0 Å². The van der Waals surface area contributed by atoms with E-state index in [1.165, 1.54) is 44.1 Å². The summed E-state index contributed by atoms with van der Waals surface area (Å²) in [6.45, 7) is 4.68. The molecule has 2 heteroatoms. The molecule has 0 heterocycles. The van der Waals surface area contributed by atoms with Gasteiger partial charge in [0, 0.05) is 12.1 Å². The van der Waals surface area contributed by atoms with Crippen LogP contribution in [0.2, 0.25) is 0 Å². The molecule has 0 bridgehead atoms. The highest BCUT2D eigenvalue weighted by Gasteiger charge is 2.25. The first-order valence-corrected chi connectivity index (χ1v) is 8.60. The lowest BCUT2D eigenvalue weighted by Crippen LogP contribution is -2.41. The molecule has 1 aromatic carbocycles. The fourth-order valence-corrected chi connectivity index (χ4v) is 3.56. The summed E-state index contributed by atoms with van der Waals surface area (Å²) in [5.41, 5.74) is 1.32. The maximum absolute atomic E-state index is 9.33. The molecule has 1 saturated carbocycles. The molecular formula is C19H31NO. The van der Waals surface area contributed by atoms with E-state index in [2.05, 4.69) is 25.8 Å². The van der Waals surface area contributed by atoms with Crippen molar-refractivity contribution in [2.45, 2.75) is 70.9 Å². The molecule has 21 heavy (non-hydrogen) atoms. The number of aryl methyl sites for hydroxylation is 1. The molecule has 0 amide bonds. The Morgan fingerprint density at radius 2 is 1.76 bits per heavy atom. The maximum atomic E-state index is 9.33. The van der Waals surface area contributed by atoms with Crippen LogP contribution in [0.25, 0.3) is 0 Å². The SMILES string of the molecule is CCC1CCC(N(C)C(C)CCc2ccc(O)cc2)CC1. The van der Waals surface area contributed by atoms with Gasteiger partial charge in [-0.1, -0.05) is 25.5 Å². The normalized spacial score (nSPS) is 24.2. The molecule has 0 saturated heterocycles. The molecule has 0 aliphatic heterocycles. The summed E-state index contributed by atoms with van der Waals surface area (Å²) < 4.78 is 0. The highest BCUT2D eigenvalue weighted by molar-refractivity contribution is 5.25. The number of hydrogen-bond donors (Lipinski definition) is 1. The van der Waals surface area contributed by atoms with Gasteiger partial charge in [-0.2, -0.15) is 0 Å². The summed E-state index contributed by atoms with van der Waals surface area (Å²) >= 11 is 0. The topological polar surface area (TPSA) is 23.5 Å². The second kappa shape index (κ2) is 7.84. The van der Waals surface area contributed by atoms with Crippen LogP contribution in [-0.4, -0.2) is 29.1 Å². The van der Waals surface area contributed by atoms with Crippen molar-refractivity contribution < 1.29 is 5.11 Å². The standard InChI is InChI=1S/C19H31NO/c1-4-16-7-11-18(12-8-16)20(3)15(2)5-6-17-9-13-19(21)14-10-17/h9-10,13-16,18,21H,4-8,11-12H2,1-3H3. The molecule has 0 aromatic heterocycles. The van der Waals surface area contributed by atoms with Crippen LogP contribution in [0.1, 0.15) is 57.9 Å². The van der Waals surface area contributed by atoms with Crippen molar-refractivity contribution in [3.05, 3.63) is 29.8 Å². The van der Waals surface area contributed by atoms with Crippen LogP contribution < -0.4 is 0 Å². The summed E-state index contributed by atoms with van der Waals surface area (Å²) in [5, 5.41) is 9.33. The van der Waals surface area contributed by atoms with E-state index in [-0.39, 0.29) is 0 Å². The lowest BCUT2D eigenvalue weighted by atomic mass is 9.83. The first-order valence-electron chi connectivity index (χ1n) is 8.60. The van der Waals surface area contributed by atoms with Crippen LogP contribution in [0, 0.1) is 5.92 Å². The zero-order valence-electron chi connectivity index (χ0n) is 13.9. The lowest BCUT2D eigenvalue weighted by Gasteiger charge is -2.38. The summed E-state index contributed by atoms with van der Waals surface area (Å²) in [6.07, 6.45) is 9.21. The highest BCUT2D eigenvalue weighted by Crippen LogP contribution is 2.30. The van der Waals surface area contributed by atoms with Crippen LogP contribution in [0.4, 0.5) is 0 Å². The third-order valence-corrected chi connectivity index (χ3v) is 5.45. The van der Waals surface area contributed by atoms with Gasteiger partial charge in [0.1, 0.15) is 5.75 Å². The van der Waals surface area contributed by atoms with E-state index in [1.807, 2.05) is 12.1 Å². The van der Waals surface area contributed by atoms with E-state index >= 15 is 0 Å². The summed E-state index contributed by atoms with van der Waals surface area (Å²) in [4.78, 5) is 2.60. The molecule has 1 atom stereocenters. The predicted molar refractivity (Wildman–Crippen MR) is 89.7 cm³/mol. The molecule has 118 valence electrons. The predicted octanol–water partition coefficient (Wildman–Crippen LogP) is 4.61. The Morgan fingerprint density at radius 1 is 1.14 bits per heavy atom. The van der Waals surface area contributed by atoms with Gasteiger partial charge in [-0.25, -0.2) is 0 Å². The fourth-order valence-electron chi connectivity index (χ4n) is 3.56. The van der Waals surface area contributed by atoms with Gasteiger partial charge in [-0.05, 0) is 76.1 Å². The molecule has 1 aliphatic rings. The number of hydrogen-bond acceptors (Lipinski definition) is 2. The zero-order chi connectivity index (χ0) is 15.2. The lowest BCUT2D eigenvalue weighted by molar-refractivity contribution is 0.122. The van der Waals surface area contributed by atoms with Crippen LogP contribution in [0.15, 0.2) is 24.3 Å². The van der Waals surface area contributed by atoms with Crippen molar-refractivity contribution in [1.29, 1.82) is 0 Å². The molecule has 1 N–H and O–H groups in total. The van der Waals surface area contributed by atoms with Crippen molar-refractivity contribution in [2.75, 3.05) is 7.05 Å². The first kappa shape index (κ1) is 16.4. The molecular weight excluding hydrogens is 258 g/mol. The van der Waals surface area contributed by atoms with Gasteiger partial charge in [0.05, 0.1) is 0 Å². The molecule has 1 aromatic rings. The molecule has 0 radical (unpaired) electrons. The number of nitrogens with zero attached hydrogens (tertiary/aromatic N) is 1. The maximum Gasteiger partial charge on any atom is 0.115 e. The zero-order valence-corrected chi connectivity index (χ0v) is 13.9. The second-order valence-electron chi connectivity index (χ2n) is 6.80. The van der Waals surface area contributed by atoms with Gasteiger partial charge >= 0.3 is 0 Å². The Balaban J connectivity index is 1.77. The number of rotatable bonds is 6. The van der Waals surface area contributed by atoms with Gasteiger partial charge in [0.15, 0.2) is 0 Å². The van der Waals surface area contributed by atoms with Gasteiger partial charge in [-0.15, -0.1) is 0 Å². The second-order valence-corrected chi connectivity index (χ2v) is 6.80. The van der Waals surface area contributed by atoms with Gasteiger partial charge in [0.25, 0.3) is 0 Å². The summed E-state index contributed by atoms with van der Waals surface area (Å²) in [6, 6.07) is 9.05. The van der Waals surface area contributed by atoms with E-state index in [1.54, 1.807) is 12.1 Å². The van der Waals surface area contributed by atoms with Gasteiger partial charge in [0.2, 0.25) is 0 Å². The Morgan fingerprint density at radius 3 is 2.33 bits per heavy atom. The Hall–Kier alpha value is -1.02. The number of phenols is 1. The average molecular weight is 289 g/mol. The largest absolute Gasteiger partial charge is 0.508 e. The quantitative estimate of drug-likeness (QED) is 0.826. The average Bonchev–Trinajstić information content (AvgIpc) is 2.53. The molecule has 1 unspecified atom stereocenters. The third-order valence-electron chi connectivity index (χ3n) is 5.45. The summed E-state index contributed by atoms with van der Waals surface area (Å²) in [7, 11) is 2.30. The van der Waals surface area contributed by atoms with E-state index in [4.69, 9.17) is 0 Å². The Labute approximate surface area is 130 Å². The molecule has 0 spiro atoms. The van der Waals surface area contributed by atoms with E-state index in [9.17, 15) is 5.11 Å². The fraction of sp³-hybridized carbons (Fsp3) is 0.684. The molecule has 2 nitrogen and oxygen atoms in total. The molecule has 1 fully saturated rings. The van der Waals surface area contributed by atoms with Crippen molar-refractivity contribution in [1.82, 2.24) is 4.90 Å². The Kier molecular flexibility index (Phi) is 6.10. The minimum Gasteiger partial charge on any atom is -0.508 e. The Bertz CT molecular complexity index is 406. The number of benzene rings is 1. The molecule has 1 aliphatic carbocycles. The first-order chi connectivity index (χ1) is 10.1. The van der Waals surface area contributed by atoms with Gasteiger partial charge < -0.3 is 10.0 Å². The van der Waals surface area contributed by atoms with Crippen molar-refractivity contribution in [3.8, 4) is 5.75 Å². The highest BCUT2D eigenvalue weighted by atomic mass is 16.3. The minimum atomic E-state index is 0.358. The van der Waals surface area contributed by atoms with Crippen molar-refractivity contribution in [2.24, 2.45) is 5.92 Å². The van der Waals surface area contributed by atoms with E-state index in [0.717, 1.165) is 18.4 Å². The van der Waals surface area contributed by atoms with Gasteiger partial charge in [-0.3, -0.25) is 0 Å². The van der Waals surface area contributed by atoms with E-state index in [0.29, 0.717) is 11.8 Å².